The Balaban J connectivity index is 1.50. The second-order valence-corrected chi connectivity index (χ2v) is 8.83. The minimum atomic E-state index is -0.812. The van der Waals surface area contributed by atoms with Crippen molar-refractivity contribution in [1.82, 2.24) is 14.8 Å². The Morgan fingerprint density at radius 2 is 2.13 bits per heavy atom. The van der Waals surface area contributed by atoms with Crippen LogP contribution in [-0.2, 0) is 24.2 Å². The molecule has 0 spiro atoms. The summed E-state index contributed by atoms with van der Waals surface area (Å²) in [6.07, 6.45) is 6.31. The largest absolute Gasteiger partial charge is 0.323 e. The highest BCUT2D eigenvalue weighted by atomic mass is 32.2. The van der Waals surface area contributed by atoms with Crippen molar-refractivity contribution >= 4 is 34.7 Å². The maximum absolute atomic E-state index is 13.7. The van der Waals surface area contributed by atoms with Crippen LogP contribution in [0.2, 0.25) is 0 Å². The first-order valence-electron chi connectivity index (χ1n) is 9.58. The minimum absolute atomic E-state index is 0.0217. The van der Waals surface area contributed by atoms with Gasteiger partial charge < -0.3 is 5.32 Å². The fourth-order valence-corrected chi connectivity index (χ4v) is 5.35. The molecule has 3 aromatic rings. The normalized spacial score (nSPS) is 13.1. The SMILES string of the molecule is C=CCn1c(SCC(=O)Nc2ccc(F)cc2F)nnc1-c1csc2c1CCCC2. The van der Waals surface area contributed by atoms with Gasteiger partial charge in [-0.05, 0) is 43.4 Å². The van der Waals surface area contributed by atoms with Gasteiger partial charge in [0.15, 0.2) is 11.0 Å². The molecule has 0 saturated carbocycles. The van der Waals surface area contributed by atoms with Crippen molar-refractivity contribution in [2.45, 2.75) is 37.4 Å². The molecule has 0 fully saturated rings. The average molecular weight is 447 g/mol. The van der Waals surface area contributed by atoms with Gasteiger partial charge in [-0.2, -0.15) is 0 Å². The van der Waals surface area contributed by atoms with Crippen LogP contribution in [-0.4, -0.2) is 26.4 Å². The number of nitrogens with zero attached hydrogens (tertiary/aromatic N) is 3. The Labute approximate surface area is 181 Å². The number of carbonyl (C=O) groups is 1. The molecule has 156 valence electrons. The number of anilines is 1. The van der Waals surface area contributed by atoms with E-state index in [9.17, 15) is 13.6 Å². The van der Waals surface area contributed by atoms with Crippen molar-refractivity contribution in [1.29, 1.82) is 0 Å². The first-order chi connectivity index (χ1) is 14.6. The summed E-state index contributed by atoms with van der Waals surface area (Å²) in [6, 6.07) is 3.03. The summed E-state index contributed by atoms with van der Waals surface area (Å²) < 4.78 is 28.7. The summed E-state index contributed by atoms with van der Waals surface area (Å²) in [6.45, 7) is 4.34. The molecule has 0 saturated heterocycles. The number of thiophene rings is 1. The first-order valence-corrected chi connectivity index (χ1v) is 11.4. The third-order valence-electron chi connectivity index (χ3n) is 4.87. The molecule has 1 aliphatic carbocycles. The van der Waals surface area contributed by atoms with Gasteiger partial charge in [0, 0.05) is 28.4 Å². The lowest BCUT2D eigenvalue weighted by atomic mass is 9.95. The van der Waals surface area contributed by atoms with Crippen molar-refractivity contribution in [3.63, 3.8) is 0 Å². The van der Waals surface area contributed by atoms with E-state index in [-0.39, 0.29) is 11.4 Å². The predicted molar refractivity (Wildman–Crippen MR) is 116 cm³/mol. The zero-order valence-electron chi connectivity index (χ0n) is 16.2. The molecule has 0 atom stereocenters. The van der Waals surface area contributed by atoms with E-state index in [0.29, 0.717) is 11.7 Å². The van der Waals surface area contributed by atoms with Crippen LogP contribution < -0.4 is 5.32 Å². The molecule has 0 unspecified atom stereocenters. The molecule has 4 rings (SSSR count). The van der Waals surface area contributed by atoms with Crippen LogP contribution in [0.4, 0.5) is 14.5 Å². The van der Waals surface area contributed by atoms with Crippen molar-refractivity contribution in [3.05, 3.63) is 58.3 Å². The van der Waals surface area contributed by atoms with Gasteiger partial charge in [0.2, 0.25) is 5.91 Å². The Morgan fingerprint density at radius 1 is 1.30 bits per heavy atom. The van der Waals surface area contributed by atoms with Crippen LogP contribution in [0.5, 0.6) is 0 Å². The third-order valence-corrected chi connectivity index (χ3v) is 6.92. The number of allylic oxidation sites excluding steroid dienone is 1. The summed E-state index contributed by atoms with van der Waals surface area (Å²) in [7, 11) is 0. The van der Waals surface area contributed by atoms with Crippen LogP contribution >= 0.6 is 23.1 Å². The van der Waals surface area contributed by atoms with Crippen LogP contribution in [0.3, 0.4) is 0 Å². The number of carbonyl (C=O) groups excluding carboxylic acids is 1. The zero-order valence-corrected chi connectivity index (χ0v) is 17.8. The monoisotopic (exact) mass is 446 g/mol. The molecule has 1 amide bonds. The highest BCUT2D eigenvalue weighted by Crippen LogP contribution is 2.36. The lowest BCUT2D eigenvalue weighted by Gasteiger charge is -2.13. The Kier molecular flexibility index (Phi) is 6.29. The van der Waals surface area contributed by atoms with Crippen LogP contribution in [0, 0.1) is 11.6 Å². The van der Waals surface area contributed by atoms with Gasteiger partial charge >= 0.3 is 0 Å². The lowest BCUT2D eigenvalue weighted by Crippen LogP contribution is -2.15. The highest BCUT2D eigenvalue weighted by Gasteiger charge is 2.22. The molecule has 2 heterocycles. The van der Waals surface area contributed by atoms with E-state index in [1.807, 2.05) is 4.57 Å². The molecule has 2 aromatic heterocycles. The van der Waals surface area contributed by atoms with Crippen LogP contribution in [0.1, 0.15) is 23.3 Å². The number of hydrogen-bond donors (Lipinski definition) is 1. The fraction of sp³-hybridized carbons (Fsp3) is 0.286. The quantitative estimate of drug-likeness (QED) is 0.406. The molecule has 5 nitrogen and oxygen atoms in total. The summed E-state index contributed by atoms with van der Waals surface area (Å²) in [5.74, 6) is -1.11. The number of thioether (sulfide) groups is 1. The van der Waals surface area contributed by atoms with E-state index in [2.05, 4.69) is 27.5 Å². The summed E-state index contributed by atoms with van der Waals surface area (Å²) >= 11 is 2.98. The number of hydrogen-bond acceptors (Lipinski definition) is 5. The molecule has 30 heavy (non-hydrogen) atoms. The maximum Gasteiger partial charge on any atom is 0.234 e. The predicted octanol–water partition coefficient (Wildman–Crippen LogP) is 5.08. The van der Waals surface area contributed by atoms with Crippen molar-refractivity contribution < 1.29 is 13.6 Å². The molecule has 0 aliphatic heterocycles. The zero-order chi connectivity index (χ0) is 21.1. The number of fused-ring (bicyclic) bond motifs is 1. The van der Waals surface area contributed by atoms with Gasteiger partial charge in [0.25, 0.3) is 0 Å². The number of aromatic nitrogens is 3. The Bertz CT molecular complexity index is 1090. The Hall–Kier alpha value is -2.52. The summed E-state index contributed by atoms with van der Waals surface area (Å²) in [5.41, 5.74) is 2.40. The smallest absolute Gasteiger partial charge is 0.234 e. The molecule has 1 aliphatic rings. The summed E-state index contributed by atoms with van der Waals surface area (Å²) in [5, 5.41) is 13.9. The molecule has 1 N–H and O–H groups in total. The molecular formula is C21H20F2N4OS2. The molecule has 0 radical (unpaired) electrons. The second kappa shape index (κ2) is 9.09. The van der Waals surface area contributed by atoms with Crippen LogP contribution in [0.15, 0.2) is 41.4 Å². The van der Waals surface area contributed by atoms with E-state index < -0.39 is 17.5 Å². The van der Waals surface area contributed by atoms with Gasteiger partial charge in [-0.1, -0.05) is 17.8 Å². The fourth-order valence-electron chi connectivity index (χ4n) is 3.48. The molecule has 9 heteroatoms. The summed E-state index contributed by atoms with van der Waals surface area (Å²) in [4.78, 5) is 13.7. The van der Waals surface area contributed by atoms with Gasteiger partial charge in [-0.3, -0.25) is 9.36 Å². The molecule has 1 aromatic carbocycles. The lowest BCUT2D eigenvalue weighted by molar-refractivity contribution is -0.113. The van der Waals surface area contributed by atoms with Crippen molar-refractivity contribution in [2.75, 3.05) is 11.1 Å². The maximum atomic E-state index is 13.7. The van der Waals surface area contributed by atoms with E-state index >= 15 is 0 Å². The van der Waals surface area contributed by atoms with E-state index in [1.54, 1.807) is 17.4 Å². The number of nitrogens with one attached hydrogen (secondary N) is 1. The standard InChI is InChI=1S/C21H20F2N4OS2/c1-2-9-27-20(15-11-29-18-6-4-3-5-14(15)18)25-26-21(27)30-12-19(28)24-17-8-7-13(22)10-16(17)23/h2,7-8,10-11H,1,3-6,9,12H2,(H,24,28). The van der Waals surface area contributed by atoms with Gasteiger partial charge in [-0.25, -0.2) is 8.78 Å². The topological polar surface area (TPSA) is 59.8 Å². The highest BCUT2D eigenvalue weighted by molar-refractivity contribution is 7.99. The molecule has 0 bridgehead atoms. The number of rotatable bonds is 7. The third kappa shape index (κ3) is 4.32. The second-order valence-electron chi connectivity index (χ2n) is 6.92. The van der Waals surface area contributed by atoms with Gasteiger partial charge in [0.05, 0.1) is 11.4 Å². The minimum Gasteiger partial charge on any atom is -0.323 e. The average Bonchev–Trinajstić information content (AvgIpc) is 3.33. The van der Waals surface area contributed by atoms with Crippen LogP contribution in [0.25, 0.3) is 11.4 Å². The van der Waals surface area contributed by atoms with Crippen molar-refractivity contribution in [2.24, 2.45) is 0 Å². The van der Waals surface area contributed by atoms with Crippen molar-refractivity contribution in [3.8, 4) is 11.4 Å². The van der Waals surface area contributed by atoms with E-state index in [4.69, 9.17) is 0 Å². The number of benzene rings is 1. The van der Waals surface area contributed by atoms with Gasteiger partial charge in [0.1, 0.15) is 11.6 Å². The van der Waals surface area contributed by atoms with E-state index in [1.165, 1.54) is 41.1 Å². The molecular weight excluding hydrogens is 426 g/mol. The first kappa shape index (κ1) is 20.7. The number of amides is 1. The Morgan fingerprint density at radius 3 is 2.93 bits per heavy atom. The van der Waals surface area contributed by atoms with Gasteiger partial charge in [-0.15, -0.1) is 28.1 Å². The van der Waals surface area contributed by atoms with E-state index in [0.717, 1.165) is 36.4 Å². The number of aryl methyl sites for hydroxylation is 1. The number of halogens is 2.